The number of anilines is 1. The maximum Gasteiger partial charge on any atom is 0.319 e. The molecule has 0 aliphatic rings. The number of nitrogens with one attached hydrogen (secondary N) is 2. The zero-order valence-corrected chi connectivity index (χ0v) is 15.6. The van der Waals surface area contributed by atoms with Crippen molar-refractivity contribution in [3.63, 3.8) is 0 Å². The van der Waals surface area contributed by atoms with Gasteiger partial charge in [0, 0.05) is 10.1 Å². The van der Waals surface area contributed by atoms with Crippen LogP contribution < -0.4 is 15.4 Å². The van der Waals surface area contributed by atoms with E-state index < -0.39 is 0 Å². The van der Waals surface area contributed by atoms with Gasteiger partial charge in [0.15, 0.2) is 5.75 Å². The van der Waals surface area contributed by atoms with E-state index in [9.17, 15) is 4.79 Å². The van der Waals surface area contributed by atoms with E-state index in [2.05, 4.69) is 33.2 Å². The standard InChI is InChI=1S/C20H17IN2O2/c21-16-8-6-7-15(13-16)14-22-20(24)23-18-11-4-5-12-19(18)25-17-9-2-1-3-10-17/h1-13H,14H2,(H2,22,23,24). The second-order valence-electron chi connectivity index (χ2n) is 5.35. The number of carbonyl (C=O) groups excluding carboxylic acids is 1. The van der Waals surface area contributed by atoms with E-state index in [1.807, 2.05) is 78.9 Å². The lowest BCUT2D eigenvalue weighted by atomic mass is 10.2. The van der Waals surface area contributed by atoms with Crippen LogP contribution in [0.3, 0.4) is 0 Å². The molecule has 2 N–H and O–H groups in total. The minimum atomic E-state index is -0.275. The fourth-order valence-corrected chi connectivity index (χ4v) is 2.88. The number of para-hydroxylation sites is 3. The van der Waals surface area contributed by atoms with Crippen LogP contribution >= 0.6 is 22.6 Å². The molecule has 0 fully saturated rings. The molecule has 0 radical (unpaired) electrons. The molecule has 3 aromatic rings. The van der Waals surface area contributed by atoms with E-state index in [-0.39, 0.29) is 6.03 Å². The number of carbonyl (C=O) groups is 1. The minimum Gasteiger partial charge on any atom is -0.455 e. The molecule has 3 rings (SSSR count). The summed E-state index contributed by atoms with van der Waals surface area (Å²) in [6, 6.07) is 24.5. The molecular formula is C20H17IN2O2. The number of amides is 2. The van der Waals surface area contributed by atoms with Gasteiger partial charge in [-0.1, -0.05) is 42.5 Å². The second kappa shape index (κ2) is 8.53. The Morgan fingerprint density at radius 2 is 1.68 bits per heavy atom. The van der Waals surface area contributed by atoms with Crippen LogP contribution in [0.15, 0.2) is 78.9 Å². The molecule has 0 atom stereocenters. The van der Waals surface area contributed by atoms with E-state index >= 15 is 0 Å². The van der Waals surface area contributed by atoms with Crippen LogP contribution in [-0.2, 0) is 6.54 Å². The summed E-state index contributed by atoms with van der Waals surface area (Å²) in [7, 11) is 0. The molecule has 25 heavy (non-hydrogen) atoms. The molecule has 0 aliphatic carbocycles. The molecule has 0 saturated carbocycles. The van der Waals surface area contributed by atoms with Crippen molar-refractivity contribution in [2.24, 2.45) is 0 Å². The van der Waals surface area contributed by atoms with Crippen molar-refractivity contribution in [3.8, 4) is 11.5 Å². The first kappa shape index (κ1) is 17.3. The van der Waals surface area contributed by atoms with Gasteiger partial charge < -0.3 is 15.4 Å². The lowest BCUT2D eigenvalue weighted by Crippen LogP contribution is -2.28. The number of rotatable bonds is 5. The third kappa shape index (κ3) is 5.22. The van der Waals surface area contributed by atoms with Crippen LogP contribution in [0.25, 0.3) is 0 Å². The highest BCUT2D eigenvalue weighted by molar-refractivity contribution is 14.1. The number of ether oxygens (including phenoxy) is 1. The van der Waals surface area contributed by atoms with Gasteiger partial charge in [-0.15, -0.1) is 0 Å². The summed E-state index contributed by atoms with van der Waals surface area (Å²) in [6.45, 7) is 0.463. The predicted octanol–water partition coefficient (Wildman–Crippen LogP) is 5.41. The van der Waals surface area contributed by atoms with E-state index in [1.165, 1.54) is 0 Å². The zero-order valence-electron chi connectivity index (χ0n) is 13.4. The SMILES string of the molecule is O=C(NCc1cccc(I)c1)Nc1ccccc1Oc1ccccc1. The van der Waals surface area contributed by atoms with Gasteiger partial charge in [0.2, 0.25) is 0 Å². The average molecular weight is 444 g/mol. The largest absolute Gasteiger partial charge is 0.455 e. The molecule has 0 aliphatic heterocycles. The maximum absolute atomic E-state index is 12.2. The normalized spacial score (nSPS) is 10.1. The fraction of sp³-hybridized carbons (Fsp3) is 0.0500. The molecule has 126 valence electrons. The van der Waals surface area contributed by atoms with Crippen LogP contribution in [-0.4, -0.2) is 6.03 Å². The summed E-state index contributed by atoms with van der Waals surface area (Å²) in [5.41, 5.74) is 1.67. The first-order valence-electron chi connectivity index (χ1n) is 7.82. The van der Waals surface area contributed by atoms with E-state index in [0.29, 0.717) is 18.0 Å². The van der Waals surface area contributed by atoms with Crippen molar-refractivity contribution < 1.29 is 9.53 Å². The zero-order chi connectivity index (χ0) is 17.5. The Balaban J connectivity index is 1.63. The Kier molecular flexibility index (Phi) is 5.90. The first-order valence-corrected chi connectivity index (χ1v) is 8.90. The molecule has 0 unspecified atom stereocenters. The van der Waals surface area contributed by atoms with Crippen LogP contribution in [0.4, 0.5) is 10.5 Å². The lowest BCUT2D eigenvalue weighted by molar-refractivity contribution is 0.251. The van der Waals surface area contributed by atoms with Crippen molar-refractivity contribution in [2.45, 2.75) is 6.54 Å². The van der Waals surface area contributed by atoms with Gasteiger partial charge >= 0.3 is 6.03 Å². The number of urea groups is 1. The average Bonchev–Trinajstić information content (AvgIpc) is 2.63. The molecule has 0 heterocycles. The quantitative estimate of drug-likeness (QED) is 0.518. The summed E-state index contributed by atoms with van der Waals surface area (Å²) in [5, 5.41) is 5.70. The molecule has 5 heteroatoms. The molecule has 3 aromatic carbocycles. The topological polar surface area (TPSA) is 50.4 Å². The Morgan fingerprint density at radius 3 is 2.48 bits per heavy atom. The third-order valence-electron chi connectivity index (χ3n) is 3.45. The monoisotopic (exact) mass is 444 g/mol. The molecule has 0 aromatic heterocycles. The highest BCUT2D eigenvalue weighted by Gasteiger charge is 2.08. The van der Waals surface area contributed by atoms with Gasteiger partial charge in [0.1, 0.15) is 5.75 Å². The van der Waals surface area contributed by atoms with Crippen LogP contribution in [0, 0.1) is 3.57 Å². The second-order valence-corrected chi connectivity index (χ2v) is 6.59. The summed E-state index contributed by atoms with van der Waals surface area (Å²) >= 11 is 2.25. The van der Waals surface area contributed by atoms with Gasteiger partial charge in [-0.3, -0.25) is 0 Å². The Hall–Kier alpha value is -2.54. The Morgan fingerprint density at radius 1 is 0.920 bits per heavy atom. The molecule has 2 amide bonds. The van der Waals surface area contributed by atoms with Crippen molar-refractivity contribution in [3.05, 3.63) is 88.0 Å². The molecule has 4 nitrogen and oxygen atoms in total. The maximum atomic E-state index is 12.2. The van der Waals surface area contributed by atoms with E-state index in [1.54, 1.807) is 0 Å². The molecule has 0 spiro atoms. The predicted molar refractivity (Wildman–Crippen MR) is 108 cm³/mol. The summed E-state index contributed by atoms with van der Waals surface area (Å²) in [6.07, 6.45) is 0. The van der Waals surface area contributed by atoms with Gasteiger partial charge in [0.25, 0.3) is 0 Å². The summed E-state index contributed by atoms with van der Waals surface area (Å²) < 4.78 is 6.98. The fourth-order valence-electron chi connectivity index (χ4n) is 2.27. The highest BCUT2D eigenvalue weighted by Crippen LogP contribution is 2.28. The molecule has 0 saturated heterocycles. The van der Waals surface area contributed by atoms with E-state index in [4.69, 9.17) is 4.74 Å². The highest BCUT2D eigenvalue weighted by atomic mass is 127. The van der Waals surface area contributed by atoms with Gasteiger partial charge in [-0.05, 0) is 64.6 Å². The molecule has 0 bridgehead atoms. The van der Waals surface area contributed by atoms with Gasteiger partial charge in [-0.25, -0.2) is 4.79 Å². The minimum absolute atomic E-state index is 0.275. The first-order chi connectivity index (χ1) is 12.2. The van der Waals surface area contributed by atoms with Crippen molar-refractivity contribution in [2.75, 3.05) is 5.32 Å². The van der Waals surface area contributed by atoms with Crippen LogP contribution in [0.1, 0.15) is 5.56 Å². The van der Waals surface area contributed by atoms with Crippen molar-refractivity contribution in [1.82, 2.24) is 5.32 Å². The van der Waals surface area contributed by atoms with Crippen LogP contribution in [0.5, 0.6) is 11.5 Å². The van der Waals surface area contributed by atoms with Gasteiger partial charge in [0.05, 0.1) is 5.69 Å². The van der Waals surface area contributed by atoms with E-state index in [0.717, 1.165) is 14.9 Å². The summed E-state index contributed by atoms with van der Waals surface area (Å²) in [5.74, 6) is 1.31. The third-order valence-corrected chi connectivity index (χ3v) is 4.12. The Bertz CT molecular complexity index is 853. The van der Waals surface area contributed by atoms with Crippen molar-refractivity contribution in [1.29, 1.82) is 0 Å². The summed E-state index contributed by atoms with van der Waals surface area (Å²) in [4.78, 5) is 12.2. The smallest absolute Gasteiger partial charge is 0.319 e. The van der Waals surface area contributed by atoms with Crippen molar-refractivity contribution >= 4 is 34.3 Å². The number of halogens is 1. The van der Waals surface area contributed by atoms with Crippen LogP contribution in [0.2, 0.25) is 0 Å². The lowest BCUT2D eigenvalue weighted by Gasteiger charge is -2.13. The number of hydrogen-bond acceptors (Lipinski definition) is 2. The Labute approximate surface area is 160 Å². The number of benzene rings is 3. The van der Waals surface area contributed by atoms with Gasteiger partial charge in [-0.2, -0.15) is 0 Å². The molecular weight excluding hydrogens is 427 g/mol. The number of hydrogen-bond donors (Lipinski definition) is 2.